The molecule has 7 heteroatoms. The van der Waals surface area contributed by atoms with Crippen LogP contribution in [0.2, 0.25) is 0 Å². The molecule has 0 bridgehead atoms. The normalized spacial score (nSPS) is 3.60. The molecule has 54 valence electrons. The Morgan fingerprint density at radius 2 is 0.700 bits per heavy atom. The Kier molecular flexibility index (Phi) is 136. The van der Waals surface area contributed by atoms with Gasteiger partial charge in [-0.3, -0.25) is 0 Å². The zero-order chi connectivity index (χ0) is 8.12. The summed E-state index contributed by atoms with van der Waals surface area (Å²) in [4.78, 5) is 0. The van der Waals surface area contributed by atoms with Gasteiger partial charge in [-0.05, 0) is 0 Å². The van der Waals surface area contributed by atoms with Crippen LogP contribution in [0.25, 0.3) is 0 Å². The molecule has 0 rings (SSSR count). The van der Waals surface area contributed by atoms with E-state index in [0.29, 0.717) is 0 Å². The monoisotopic (exact) mass is 210 g/mol. The van der Waals surface area contributed by atoms with Gasteiger partial charge in [0.1, 0.15) is 0 Å². The number of hydrogen-bond donors (Lipinski definition) is 3. The molecule has 0 heterocycles. The molecule has 0 spiro atoms. The third-order valence-corrected chi connectivity index (χ3v) is 0. The van der Waals surface area contributed by atoms with E-state index in [4.69, 9.17) is 15.3 Å². The van der Waals surface area contributed by atoms with E-state index in [2.05, 4.69) is 36.7 Å². The van der Waals surface area contributed by atoms with Crippen LogP contribution in [0.1, 0.15) is 0 Å². The number of hydrogen-bond acceptors (Lipinski definition) is 3. The zero-order valence-corrected chi connectivity index (χ0v) is 8.25. The second-order valence-corrected chi connectivity index (χ2v) is 0.822. The Bertz CT molecular complexity index is 55.7. The van der Waals surface area contributed by atoms with Gasteiger partial charge >= 0.3 is 17.4 Å². The number of aliphatic hydroxyl groups is 3. The maximum absolute atomic E-state index is 7.13. The van der Waals surface area contributed by atoms with E-state index in [0.717, 1.165) is 0 Å². The summed E-state index contributed by atoms with van der Waals surface area (Å²) in [6.45, 7) is 0. The Balaban J connectivity index is -0.0000000257. The molecule has 0 saturated carbocycles. The number of rotatable bonds is 0. The van der Waals surface area contributed by atoms with Gasteiger partial charge in [0.05, 0.1) is 0 Å². The summed E-state index contributed by atoms with van der Waals surface area (Å²) in [6.07, 6.45) is 0. The smallest absolute Gasteiger partial charge is 0.694 e. The first kappa shape index (κ1) is 22.5. The van der Waals surface area contributed by atoms with Crippen LogP contribution in [0, 0.1) is 0 Å². The minimum Gasteiger partial charge on any atom is -0.694 e. The molecule has 0 aliphatic rings. The first-order chi connectivity index (χ1) is 4.24. The fourth-order valence-electron chi connectivity index (χ4n) is 0. The van der Waals surface area contributed by atoms with Crippen LogP contribution < -0.4 is 0 Å². The van der Waals surface area contributed by atoms with Gasteiger partial charge in [0.15, 0.2) is 0 Å². The van der Waals surface area contributed by atoms with Gasteiger partial charge in [-0.25, -0.2) is 16.7 Å². The molecule has 0 aliphatic heterocycles. The van der Waals surface area contributed by atoms with Crippen molar-refractivity contribution in [2.45, 2.75) is 0 Å². The quantitative estimate of drug-likeness (QED) is 0.312. The number of thiocarbonyl (C=S) groups is 3. The Labute approximate surface area is 85.8 Å². The molecule has 0 aliphatic carbocycles. The fourth-order valence-corrected chi connectivity index (χ4v) is 0. The van der Waals surface area contributed by atoms with Gasteiger partial charge in [0.25, 0.3) is 0 Å². The maximum Gasteiger partial charge on any atom is 3.00 e. The van der Waals surface area contributed by atoms with Gasteiger partial charge in [0, 0.05) is 0 Å². The second-order valence-electron chi connectivity index (χ2n) is 0.274. The van der Waals surface area contributed by atoms with E-state index < -0.39 is 0 Å². The van der Waals surface area contributed by atoms with Crippen molar-refractivity contribution in [1.82, 2.24) is 0 Å². The van der Waals surface area contributed by atoms with Crippen molar-refractivity contribution in [2.24, 2.45) is 0 Å². The van der Waals surface area contributed by atoms with Crippen molar-refractivity contribution in [3.63, 3.8) is 0 Å². The molecule has 3 nitrogen and oxygen atoms in total. The van der Waals surface area contributed by atoms with Crippen molar-refractivity contribution < 1.29 is 15.3 Å². The third kappa shape index (κ3) is 10400. The molecule has 0 aromatic rings. The van der Waals surface area contributed by atoms with Gasteiger partial charge < -0.3 is 52.0 Å². The molecule has 10 heavy (non-hydrogen) atoms. The van der Waals surface area contributed by atoms with Gasteiger partial charge in [-0.15, -0.1) is 0 Å². The van der Waals surface area contributed by atoms with E-state index in [-0.39, 0.29) is 17.4 Å². The van der Waals surface area contributed by atoms with Crippen LogP contribution in [-0.4, -0.2) is 49.3 Å². The fraction of sp³-hybridized carbons (Fsp3) is 0. The molecule has 0 fully saturated rings. The minimum atomic E-state index is 0. The third-order valence-electron chi connectivity index (χ3n) is 0. The predicted octanol–water partition coefficient (Wildman–Crippen LogP) is 0.755. The Morgan fingerprint density at radius 3 is 0.700 bits per heavy atom. The average molecular weight is 210 g/mol. The minimum absolute atomic E-state index is 0. The summed E-state index contributed by atoms with van der Waals surface area (Å²) in [5.41, 5.74) is 4.00. The molecule has 0 saturated heterocycles. The van der Waals surface area contributed by atoms with Crippen LogP contribution in [0.4, 0.5) is 0 Å². The summed E-state index contributed by atoms with van der Waals surface area (Å²) in [5.74, 6) is 0. The average Bonchev–Trinajstić information content (AvgIpc) is 1.70. The van der Waals surface area contributed by atoms with Crippen molar-refractivity contribution in [2.75, 3.05) is 0 Å². The molecule has 0 amide bonds. The molecule has 0 aromatic heterocycles. The first-order valence-corrected chi connectivity index (χ1v) is 2.51. The molecular weight excluding hydrogens is 207 g/mol. The molecule has 0 radical (unpaired) electrons. The summed E-state index contributed by atoms with van der Waals surface area (Å²) in [7, 11) is 0. The molecule has 0 unspecified atom stereocenters. The van der Waals surface area contributed by atoms with Crippen molar-refractivity contribution in [1.29, 1.82) is 0 Å². The van der Waals surface area contributed by atoms with Crippen molar-refractivity contribution >= 4 is 70.7 Å². The van der Waals surface area contributed by atoms with E-state index in [9.17, 15) is 0 Å². The summed E-state index contributed by atoms with van der Waals surface area (Å²) in [6, 6.07) is 0. The van der Waals surface area contributed by atoms with E-state index in [1.807, 2.05) is 0 Å². The van der Waals surface area contributed by atoms with Crippen LogP contribution in [0.5, 0.6) is 0 Å². The topological polar surface area (TPSA) is 60.7 Å². The van der Waals surface area contributed by atoms with E-state index in [1.165, 1.54) is 16.7 Å². The standard InChI is InChI=1S/3CHOS.Al/c3*2-1-3;/h3*(H,2,3);/q3*-1;+3. The van der Waals surface area contributed by atoms with Crippen molar-refractivity contribution in [3.05, 3.63) is 0 Å². The zero-order valence-electron chi connectivity index (χ0n) is 4.64. The van der Waals surface area contributed by atoms with Gasteiger partial charge in [-0.2, -0.15) is 0 Å². The largest absolute Gasteiger partial charge is 3.00 e. The van der Waals surface area contributed by atoms with Gasteiger partial charge in [-0.1, -0.05) is 0 Å². The van der Waals surface area contributed by atoms with Crippen LogP contribution in [-0.2, 0) is 0 Å². The molecular formula is C3H3AlO3S3. The van der Waals surface area contributed by atoms with Crippen molar-refractivity contribution in [3.8, 4) is 0 Å². The summed E-state index contributed by atoms with van der Waals surface area (Å²) in [5, 5.41) is 21.4. The number of aliphatic hydroxyl groups excluding tert-OH is 3. The van der Waals surface area contributed by atoms with Crippen LogP contribution >= 0.6 is 36.7 Å². The maximum atomic E-state index is 7.13. The second kappa shape index (κ2) is 60.4. The molecule has 3 N–H and O–H groups in total. The van der Waals surface area contributed by atoms with Gasteiger partial charge in [0.2, 0.25) is 0 Å². The van der Waals surface area contributed by atoms with E-state index in [1.54, 1.807) is 0 Å². The van der Waals surface area contributed by atoms with Crippen LogP contribution in [0.15, 0.2) is 0 Å². The predicted molar refractivity (Wildman–Crippen MR) is 51.4 cm³/mol. The Morgan fingerprint density at radius 1 is 0.700 bits per heavy atom. The summed E-state index contributed by atoms with van der Waals surface area (Å²) < 4.78 is 0. The van der Waals surface area contributed by atoms with Crippen LogP contribution in [0.3, 0.4) is 0 Å². The molecule has 0 aromatic carbocycles. The molecule has 0 atom stereocenters. The SMILES string of the molecule is O[C-]=S.O[C-]=S.O[C-]=S.[Al+3]. The Hall–Kier alpha value is 0.202. The summed E-state index contributed by atoms with van der Waals surface area (Å²) >= 11 is 11.1. The first-order valence-electron chi connectivity index (χ1n) is 1.28. The van der Waals surface area contributed by atoms with E-state index >= 15 is 0 Å².